The summed E-state index contributed by atoms with van der Waals surface area (Å²) in [5.41, 5.74) is 0.808. The number of rotatable bonds is 6. The second-order valence-corrected chi connectivity index (χ2v) is 7.20. The van der Waals surface area contributed by atoms with Crippen LogP contribution in [-0.2, 0) is 10.0 Å². The highest BCUT2D eigenvalue weighted by Crippen LogP contribution is 2.25. The van der Waals surface area contributed by atoms with Crippen LogP contribution in [0.4, 0.5) is 10.7 Å². The van der Waals surface area contributed by atoms with Crippen LogP contribution in [0, 0.1) is 0 Å². The van der Waals surface area contributed by atoms with Crippen molar-refractivity contribution in [3.8, 4) is 23.0 Å². The number of methoxy groups -OCH3 is 2. The maximum atomic E-state index is 12.8. The van der Waals surface area contributed by atoms with Gasteiger partial charge < -0.3 is 9.47 Å². The lowest BCUT2D eigenvalue weighted by atomic mass is 10.1. The van der Waals surface area contributed by atoms with E-state index >= 15 is 0 Å². The van der Waals surface area contributed by atoms with Crippen LogP contribution in [0.1, 0.15) is 0 Å². The van der Waals surface area contributed by atoms with Gasteiger partial charge in [-0.25, -0.2) is 17.9 Å². The van der Waals surface area contributed by atoms with Gasteiger partial charge in [0.25, 0.3) is 10.0 Å². The van der Waals surface area contributed by atoms with Crippen LogP contribution in [0.5, 0.6) is 11.8 Å². The monoisotopic (exact) mass is 415 g/mol. The lowest BCUT2D eigenvalue weighted by Crippen LogP contribution is -2.35. The Kier molecular flexibility index (Phi) is 5.88. The number of hydrogen-bond donors (Lipinski definition) is 2. The minimum absolute atomic E-state index is 0.0991. The minimum Gasteiger partial charge on any atom is -0.481 e. The van der Waals surface area contributed by atoms with Crippen molar-refractivity contribution in [2.45, 2.75) is 4.90 Å². The highest BCUT2D eigenvalue weighted by molar-refractivity contribution is 7.90. The number of ether oxygens (including phenoxy) is 2. The third kappa shape index (κ3) is 4.76. The van der Waals surface area contributed by atoms with E-state index in [0.717, 1.165) is 0 Å². The normalized spacial score (nSPS) is 10.8. The molecule has 2 aromatic heterocycles. The molecule has 0 saturated carbocycles. The molecule has 0 spiro atoms. The van der Waals surface area contributed by atoms with Gasteiger partial charge in [0.2, 0.25) is 17.7 Å². The second kappa shape index (κ2) is 8.52. The molecule has 0 aliphatic carbocycles. The lowest BCUT2D eigenvalue weighted by molar-refractivity contribution is 0.256. The number of benzene rings is 1. The second-order valence-electron chi connectivity index (χ2n) is 5.55. The van der Waals surface area contributed by atoms with Crippen molar-refractivity contribution in [2.75, 3.05) is 19.5 Å². The molecular formula is C18H17N5O5S. The van der Waals surface area contributed by atoms with E-state index < -0.39 is 16.1 Å². The number of anilines is 1. The molecule has 29 heavy (non-hydrogen) atoms. The smallest absolute Gasteiger partial charge is 0.335 e. The van der Waals surface area contributed by atoms with Crippen molar-refractivity contribution in [1.29, 1.82) is 0 Å². The average Bonchev–Trinajstić information content (AvgIpc) is 2.73. The number of nitrogens with zero attached hydrogens (tertiary/aromatic N) is 3. The van der Waals surface area contributed by atoms with Crippen LogP contribution >= 0.6 is 0 Å². The van der Waals surface area contributed by atoms with Gasteiger partial charge in [-0.1, -0.05) is 24.3 Å². The molecule has 0 aliphatic heterocycles. The van der Waals surface area contributed by atoms with Crippen molar-refractivity contribution >= 4 is 22.0 Å². The fourth-order valence-electron chi connectivity index (χ4n) is 2.41. The molecular weight excluding hydrogens is 398 g/mol. The lowest BCUT2D eigenvalue weighted by Gasteiger charge is -2.12. The average molecular weight is 415 g/mol. The summed E-state index contributed by atoms with van der Waals surface area (Å²) >= 11 is 0. The van der Waals surface area contributed by atoms with E-state index in [2.05, 4.69) is 20.3 Å². The van der Waals surface area contributed by atoms with Gasteiger partial charge in [0, 0.05) is 11.8 Å². The number of aromatic nitrogens is 3. The van der Waals surface area contributed by atoms with E-state index in [4.69, 9.17) is 9.47 Å². The minimum atomic E-state index is -4.21. The number of nitrogens with one attached hydrogen (secondary N) is 2. The molecule has 0 fully saturated rings. The molecule has 0 aliphatic rings. The SMILES string of the molecule is COc1cc(OC)nc(NC(=O)NS(=O)(=O)c2ccccc2-c2ccccn2)n1. The van der Waals surface area contributed by atoms with Gasteiger partial charge in [-0.15, -0.1) is 0 Å². The zero-order valence-corrected chi connectivity index (χ0v) is 16.3. The summed E-state index contributed by atoms with van der Waals surface area (Å²) in [7, 11) is -1.45. The maximum absolute atomic E-state index is 12.8. The van der Waals surface area contributed by atoms with Crippen LogP contribution in [-0.4, -0.2) is 43.6 Å². The van der Waals surface area contributed by atoms with Crippen LogP contribution < -0.4 is 19.5 Å². The molecule has 10 nitrogen and oxygen atoms in total. The summed E-state index contributed by atoms with van der Waals surface area (Å²) in [6, 6.07) is 11.7. The molecule has 0 unspecified atom stereocenters. The van der Waals surface area contributed by atoms with Gasteiger partial charge in [-0.3, -0.25) is 10.3 Å². The van der Waals surface area contributed by atoms with Gasteiger partial charge in [0.05, 0.1) is 30.9 Å². The molecule has 150 valence electrons. The quantitative estimate of drug-likeness (QED) is 0.625. The Morgan fingerprint density at radius 2 is 1.62 bits per heavy atom. The Hall–Kier alpha value is -3.73. The van der Waals surface area contributed by atoms with Gasteiger partial charge in [0.15, 0.2) is 0 Å². The summed E-state index contributed by atoms with van der Waals surface area (Å²) in [6.45, 7) is 0. The van der Waals surface area contributed by atoms with E-state index in [9.17, 15) is 13.2 Å². The van der Waals surface area contributed by atoms with E-state index in [1.165, 1.54) is 26.4 Å². The summed E-state index contributed by atoms with van der Waals surface area (Å²) in [6.07, 6.45) is 1.55. The Labute approximate surface area is 167 Å². The van der Waals surface area contributed by atoms with E-state index in [0.29, 0.717) is 11.3 Å². The number of pyridine rings is 1. The predicted octanol–water partition coefficient (Wildman–Crippen LogP) is 2.07. The molecule has 0 radical (unpaired) electrons. The largest absolute Gasteiger partial charge is 0.481 e. The summed E-state index contributed by atoms with van der Waals surface area (Å²) in [4.78, 5) is 24.2. The number of carbonyl (C=O) groups is 1. The molecule has 2 heterocycles. The molecule has 0 atom stereocenters. The molecule has 2 amide bonds. The van der Waals surface area contributed by atoms with Crippen molar-refractivity contribution in [1.82, 2.24) is 19.7 Å². The van der Waals surface area contributed by atoms with Crippen LogP contribution in [0.2, 0.25) is 0 Å². The van der Waals surface area contributed by atoms with E-state index in [1.807, 2.05) is 4.72 Å². The highest BCUT2D eigenvalue weighted by Gasteiger charge is 2.23. The molecule has 0 saturated heterocycles. The Bertz CT molecular complexity index is 1100. The first-order valence-electron chi connectivity index (χ1n) is 8.24. The molecule has 0 bridgehead atoms. The predicted molar refractivity (Wildman–Crippen MR) is 104 cm³/mol. The van der Waals surface area contributed by atoms with Crippen molar-refractivity contribution in [2.24, 2.45) is 0 Å². The first-order valence-corrected chi connectivity index (χ1v) is 9.72. The first-order chi connectivity index (χ1) is 13.9. The van der Waals surface area contributed by atoms with Crippen molar-refractivity contribution in [3.05, 3.63) is 54.7 Å². The highest BCUT2D eigenvalue weighted by atomic mass is 32.2. The first kappa shape index (κ1) is 20.0. The topological polar surface area (TPSA) is 132 Å². The van der Waals surface area contributed by atoms with Crippen LogP contribution in [0.3, 0.4) is 0 Å². The van der Waals surface area contributed by atoms with Crippen LogP contribution in [0.15, 0.2) is 59.6 Å². The number of carbonyl (C=O) groups excluding carboxylic acids is 1. The number of sulfonamides is 1. The van der Waals surface area contributed by atoms with E-state index in [1.54, 1.807) is 42.6 Å². The van der Waals surface area contributed by atoms with Crippen LogP contribution in [0.25, 0.3) is 11.3 Å². The Balaban J connectivity index is 1.85. The zero-order chi connectivity index (χ0) is 20.9. The van der Waals surface area contributed by atoms with Gasteiger partial charge in [0.1, 0.15) is 0 Å². The Morgan fingerprint density at radius 1 is 0.966 bits per heavy atom. The van der Waals surface area contributed by atoms with Gasteiger partial charge in [-0.2, -0.15) is 9.97 Å². The molecule has 11 heteroatoms. The third-order valence-electron chi connectivity index (χ3n) is 3.67. The number of amides is 2. The summed E-state index contributed by atoms with van der Waals surface area (Å²) in [5, 5.41) is 2.25. The molecule has 2 N–H and O–H groups in total. The summed E-state index contributed by atoms with van der Waals surface area (Å²) in [5.74, 6) is 0.0814. The van der Waals surface area contributed by atoms with E-state index in [-0.39, 0.29) is 22.6 Å². The maximum Gasteiger partial charge on any atom is 0.335 e. The summed E-state index contributed by atoms with van der Waals surface area (Å²) < 4.78 is 37.5. The molecule has 3 aromatic rings. The number of hydrogen-bond acceptors (Lipinski definition) is 8. The standard InChI is InChI=1S/C18H17N5O5S/c1-27-15-11-16(28-2)21-17(20-15)22-18(24)23-29(25,26)14-9-4-3-7-12(14)13-8-5-6-10-19-13/h3-11H,1-2H3,(H2,20,21,22,23,24). The zero-order valence-electron chi connectivity index (χ0n) is 15.5. The molecule has 1 aromatic carbocycles. The van der Waals surface area contributed by atoms with Crippen molar-refractivity contribution in [3.63, 3.8) is 0 Å². The third-order valence-corrected chi connectivity index (χ3v) is 5.06. The van der Waals surface area contributed by atoms with Gasteiger partial charge >= 0.3 is 6.03 Å². The Morgan fingerprint density at radius 3 is 2.24 bits per heavy atom. The molecule has 3 rings (SSSR count). The fourth-order valence-corrected chi connectivity index (χ4v) is 3.53. The van der Waals surface area contributed by atoms with Gasteiger partial charge in [-0.05, 0) is 18.2 Å². The number of urea groups is 1. The fraction of sp³-hybridized carbons (Fsp3) is 0.111. The van der Waals surface area contributed by atoms with Crippen molar-refractivity contribution < 1.29 is 22.7 Å².